The highest BCUT2D eigenvalue weighted by Gasteiger charge is 2.07. The van der Waals surface area contributed by atoms with Crippen molar-refractivity contribution in [1.29, 1.82) is 0 Å². The molecule has 0 atom stereocenters. The van der Waals surface area contributed by atoms with Gasteiger partial charge in [0.15, 0.2) is 0 Å². The molecular weight excluding hydrogens is 216 g/mol. The van der Waals surface area contributed by atoms with Crippen LogP contribution in [-0.2, 0) is 16.0 Å². The summed E-state index contributed by atoms with van der Waals surface area (Å²) in [5.74, 6) is 0.678. The Hall–Kier alpha value is -1.51. The molecule has 0 aliphatic carbocycles. The Kier molecular flexibility index (Phi) is 5.01. The monoisotopic (exact) mass is 236 g/mol. The van der Waals surface area contributed by atoms with Gasteiger partial charge in [0.1, 0.15) is 5.75 Å². The second-order valence-electron chi connectivity index (χ2n) is 4.25. The Morgan fingerprint density at radius 2 is 2.06 bits per heavy atom. The number of rotatable bonds is 5. The van der Waals surface area contributed by atoms with Crippen LogP contribution in [0.5, 0.6) is 5.75 Å². The molecule has 0 aliphatic heterocycles. The van der Waals surface area contributed by atoms with E-state index in [9.17, 15) is 4.79 Å². The van der Waals surface area contributed by atoms with Gasteiger partial charge in [0.05, 0.1) is 19.1 Å². The van der Waals surface area contributed by atoms with Gasteiger partial charge < -0.3 is 9.47 Å². The lowest BCUT2D eigenvalue weighted by molar-refractivity contribution is -0.142. The van der Waals surface area contributed by atoms with Gasteiger partial charge in [-0.3, -0.25) is 4.79 Å². The highest BCUT2D eigenvalue weighted by Crippen LogP contribution is 2.20. The highest BCUT2D eigenvalue weighted by molar-refractivity contribution is 5.72. The minimum Gasteiger partial charge on any atom is -0.491 e. The van der Waals surface area contributed by atoms with E-state index in [4.69, 9.17) is 9.47 Å². The maximum atomic E-state index is 11.3. The van der Waals surface area contributed by atoms with E-state index in [0.717, 1.165) is 16.9 Å². The molecule has 17 heavy (non-hydrogen) atoms. The van der Waals surface area contributed by atoms with Crippen LogP contribution in [0, 0.1) is 6.92 Å². The van der Waals surface area contributed by atoms with Crippen molar-refractivity contribution in [3.05, 3.63) is 29.3 Å². The average Bonchev–Trinajstić information content (AvgIpc) is 2.22. The maximum Gasteiger partial charge on any atom is 0.310 e. The fourth-order valence-electron chi connectivity index (χ4n) is 1.59. The zero-order chi connectivity index (χ0) is 12.8. The summed E-state index contributed by atoms with van der Waals surface area (Å²) in [6.07, 6.45) is 0.473. The molecule has 3 nitrogen and oxygen atoms in total. The quantitative estimate of drug-likeness (QED) is 0.737. The molecule has 0 spiro atoms. The number of aryl methyl sites for hydroxylation is 1. The summed E-state index contributed by atoms with van der Waals surface area (Å²) < 4.78 is 10.5. The van der Waals surface area contributed by atoms with E-state index in [1.807, 2.05) is 45.9 Å². The molecule has 0 heterocycles. The smallest absolute Gasteiger partial charge is 0.310 e. The Morgan fingerprint density at radius 3 is 2.59 bits per heavy atom. The van der Waals surface area contributed by atoms with Crippen molar-refractivity contribution in [3.8, 4) is 5.75 Å². The lowest BCUT2D eigenvalue weighted by atomic mass is 10.1. The summed E-state index contributed by atoms with van der Waals surface area (Å²) in [5, 5.41) is 0. The molecule has 1 aromatic rings. The molecule has 1 rings (SSSR count). The molecule has 0 aliphatic rings. The van der Waals surface area contributed by atoms with E-state index >= 15 is 0 Å². The van der Waals surface area contributed by atoms with E-state index in [2.05, 4.69) is 0 Å². The number of benzene rings is 1. The normalized spacial score (nSPS) is 10.4. The molecule has 0 bridgehead atoms. The third-order valence-electron chi connectivity index (χ3n) is 2.26. The second-order valence-corrected chi connectivity index (χ2v) is 4.25. The molecular formula is C14H20O3. The molecule has 0 unspecified atom stereocenters. The van der Waals surface area contributed by atoms with Crippen molar-refractivity contribution < 1.29 is 14.3 Å². The molecule has 0 N–H and O–H groups in total. The van der Waals surface area contributed by atoms with E-state index in [1.54, 1.807) is 0 Å². The lowest BCUT2D eigenvalue weighted by Gasteiger charge is -2.13. The van der Waals surface area contributed by atoms with Crippen LogP contribution in [-0.4, -0.2) is 18.7 Å². The average molecular weight is 236 g/mol. The van der Waals surface area contributed by atoms with Crippen LogP contribution >= 0.6 is 0 Å². The first-order valence-corrected chi connectivity index (χ1v) is 5.94. The molecule has 0 amide bonds. The molecule has 0 saturated heterocycles. The van der Waals surface area contributed by atoms with Crippen LogP contribution in [0.1, 0.15) is 31.9 Å². The molecule has 0 radical (unpaired) electrons. The van der Waals surface area contributed by atoms with E-state index in [-0.39, 0.29) is 12.1 Å². The summed E-state index contributed by atoms with van der Waals surface area (Å²) in [4.78, 5) is 11.3. The van der Waals surface area contributed by atoms with E-state index in [0.29, 0.717) is 13.0 Å². The fraction of sp³-hybridized carbons (Fsp3) is 0.500. The first-order chi connectivity index (χ1) is 8.02. The van der Waals surface area contributed by atoms with Gasteiger partial charge in [-0.2, -0.15) is 0 Å². The number of carbonyl (C=O) groups is 1. The molecule has 0 fully saturated rings. The van der Waals surface area contributed by atoms with Crippen LogP contribution < -0.4 is 4.74 Å². The van der Waals surface area contributed by atoms with Crippen molar-refractivity contribution in [3.63, 3.8) is 0 Å². The molecule has 3 heteroatoms. The number of hydrogen-bond acceptors (Lipinski definition) is 3. The molecule has 1 aromatic carbocycles. The van der Waals surface area contributed by atoms with Crippen molar-refractivity contribution in [1.82, 2.24) is 0 Å². The largest absolute Gasteiger partial charge is 0.491 e. The van der Waals surface area contributed by atoms with Gasteiger partial charge in [-0.1, -0.05) is 12.1 Å². The van der Waals surface area contributed by atoms with Gasteiger partial charge >= 0.3 is 5.97 Å². The lowest BCUT2D eigenvalue weighted by Crippen LogP contribution is -2.09. The van der Waals surface area contributed by atoms with Crippen LogP contribution in [0.25, 0.3) is 0 Å². The van der Waals surface area contributed by atoms with Gasteiger partial charge in [0.25, 0.3) is 0 Å². The van der Waals surface area contributed by atoms with E-state index < -0.39 is 0 Å². The van der Waals surface area contributed by atoms with Gasteiger partial charge in [-0.05, 0) is 44.9 Å². The topological polar surface area (TPSA) is 35.5 Å². The van der Waals surface area contributed by atoms with Crippen LogP contribution in [0.3, 0.4) is 0 Å². The van der Waals surface area contributed by atoms with Crippen molar-refractivity contribution in [2.45, 2.75) is 40.2 Å². The minimum absolute atomic E-state index is 0.157. The predicted octanol–water partition coefficient (Wildman–Crippen LogP) is 2.89. The first-order valence-electron chi connectivity index (χ1n) is 5.94. The zero-order valence-corrected chi connectivity index (χ0v) is 10.9. The number of esters is 1. The number of carbonyl (C=O) groups excluding carboxylic acids is 1. The third kappa shape index (κ3) is 4.47. The Morgan fingerprint density at radius 1 is 1.35 bits per heavy atom. The standard InChI is InChI=1S/C14H20O3/c1-5-16-14(15)9-12-6-7-13(11(4)8-12)17-10(2)3/h6-8,10H,5,9H2,1-4H3. The summed E-state index contributed by atoms with van der Waals surface area (Å²) in [5.41, 5.74) is 2.00. The number of ether oxygens (including phenoxy) is 2. The van der Waals surface area contributed by atoms with Gasteiger partial charge in [0.2, 0.25) is 0 Å². The first kappa shape index (κ1) is 13.6. The van der Waals surface area contributed by atoms with Gasteiger partial charge in [-0.25, -0.2) is 0 Å². The number of hydrogen-bond donors (Lipinski definition) is 0. The van der Waals surface area contributed by atoms with Crippen molar-refractivity contribution in [2.24, 2.45) is 0 Å². The SMILES string of the molecule is CCOC(=O)Cc1ccc(OC(C)C)c(C)c1. The summed E-state index contributed by atoms with van der Waals surface area (Å²) in [6, 6.07) is 5.78. The highest BCUT2D eigenvalue weighted by atomic mass is 16.5. The zero-order valence-electron chi connectivity index (χ0n) is 10.9. The molecule has 0 saturated carbocycles. The third-order valence-corrected chi connectivity index (χ3v) is 2.26. The predicted molar refractivity (Wildman–Crippen MR) is 67.3 cm³/mol. The van der Waals surface area contributed by atoms with Gasteiger partial charge in [0, 0.05) is 0 Å². The van der Waals surface area contributed by atoms with Crippen LogP contribution in [0.4, 0.5) is 0 Å². The van der Waals surface area contributed by atoms with Crippen molar-refractivity contribution in [2.75, 3.05) is 6.61 Å². The minimum atomic E-state index is -0.190. The Balaban J connectivity index is 2.71. The second kappa shape index (κ2) is 6.28. The Labute approximate surface area is 103 Å². The van der Waals surface area contributed by atoms with E-state index in [1.165, 1.54) is 0 Å². The van der Waals surface area contributed by atoms with Crippen molar-refractivity contribution >= 4 is 5.97 Å². The summed E-state index contributed by atoms with van der Waals surface area (Å²) in [6.45, 7) is 8.19. The summed E-state index contributed by atoms with van der Waals surface area (Å²) >= 11 is 0. The Bertz CT molecular complexity index is 383. The molecule has 94 valence electrons. The summed E-state index contributed by atoms with van der Waals surface area (Å²) in [7, 11) is 0. The fourth-order valence-corrected chi connectivity index (χ4v) is 1.59. The van der Waals surface area contributed by atoms with Crippen LogP contribution in [0.2, 0.25) is 0 Å². The van der Waals surface area contributed by atoms with Gasteiger partial charge in [-0.15, -0.1) is 0 Å². The van der Waals surface area contributed by atoms with Crippen LogP contribution in [0.15, 0.2) is 18.2 Å². The molecule has 0 aromatic heterocycles. The maximum absolute atomic E-state index is 11.3.